The molecule has 0 spiro atoms. The molecule has 0 aliphatic carbocycles. The lowest BCUT2D eigenvalue weighted by Crippen LogP contribution is -2.45. The second-order valence-electron chi connectivity index (χ2n) is 4.22. The average Bonchev–Trinajstić information content (AvgIpc) is 2.88. The number of amides is 2. The zero-order valence-electron chi connectivity index (χ0n) is 10.9. The highest BCUT2D eigenvalue weighted by Crippen LogP contribution is 2.30. The van der Waals surface area contributed by atoms with Gasteiger partial charge in [-0.3, -0.25) is 0 Å². The molecular weight excluding hydrogens is 264 g/mol. The van der Waals surface area contributed by atoms with Crippen molar-refractivity contribution in [1.29, 1.82) is 0 Å². The van der Waals surface area contributed by atoms with Gasteiger partial charge in [-0.15, -0.1) is 11.3 Å². The van der Waals surface area contributed by atoms with Crippen molar-refractivity contribution in [2.45, 2.75) is 26.3 Å². The maximum Gasteiger partial charge on any atom is 0.338 e. The van der Waals surface area contributed by atoms with Gasteiger partial charge in [0, 0.05) is 10.6 Å². The summed E-state index contributed by atoms with van der Waals surface area (Å²) in [5, 5.41) is 7.28. The molecule has 2 rings (SSSR count). The van der Waals surface area contributed by atoms with Crippen LogP contribution in [0.3, 0.4) is 0 Å². The molecule has 0 saturated carbocycles. The fraction of sp³-hybridized carbons (Fsp3) is 0.385. The van der Waals surface area contributed by atoms with Gasteiger partial charge < -0.3 is 15.4 Å². The molecule has 19 heavy (non-hydrogen) atoms. The van der Waals surface area contributed by atoms with E-state index in [1.807, 2.05) is 24.4 Å². The van der Waals surface area contributed by atoms with Crippen LogP contribution in [0.15, 0.2) is 28.8 Å². The third kappa shape index (κ3) is 2.96. The molecule has 0 fully saturated rings. The molecule has 1 aliphatic heterocycles. The van der Waals surface area contributed by atoms with Crippen LogP contribution in [-0.2, 0) is 9.53 Å². The summed E-state index contributed by atoms with van der Waals surface area (Å²) in [5.74, 6) is -0.384. The van der Waals surface area contributed by atoms with E-state index in [0.29, 0.717) is 17.9 Å². The molecule has 0 bridgehead atoms. The summed E-state index contributed by atoms with van der Waals surface area (Å²) in [6, 6.07) is 3.04. The first kappa shape index (κ1) is 13.6. The van der Waals surface area contributed by atoms with E-state index in [1.54, 1.807) is 6.92 Å². The third-order valence-electron chi connectivity index (χ3n) is 2.75. The van der Waals surface area contributed by atoms with Gasteiger partial charge in [0.15, 0.2) is 0 Å². The van der Waals surface area contributed by atoms with Crippen LogP contribution in [0.1, 0.15) is 31.2 Å². The number of urea groups is 1. The topological polar surface area (TPSA) is 67.4 Å². The van der Waals surface area contributed by atoms with Gasteiger partial charge in [-0.25, -0.2) is 9.59 Å². The van der Waals surface area contributed by atoms with Gasteiger partial charge in [0.2, 0.25) is 0 Å². The average molecular weight is 280 g/mol. The van der Waals surface area contributed by atoms with Gasteiger partial charge in [-0.05, 0) is 24.8 Å². The SMILES string of the molecule is CCCOC(=O)C1=C(C)NC(=O)NC1c1cccs1. The maximum atomic E-state index is 12.1. The number of ether oxygens (including phenoxy) is 1. The standard InChI is InChI=1S/C13H16N2O3S/c1-3-6-18-12(16)10-8(2)14-13(17)15-11(10)9-5-4-7-19-9/h4-5,7,11H,3,6H2,1-2H3,(H2,14,15,17). The predicted molar refractivity (Wildman–Crippen MR) is 72.7 cm³/mol. The molecule has 1 unspecified atom stereocenters. The molecule has 0 saturated heterocycles. The van der Waals surface area contributed by atoms with Crippen LogP contribution < -0.4 is 10.6 Å². The zero-order valence-corrected chi connectivity index (χ0v) is 11.7. The van der Waals surface area contributed by atoms with Gasteiger partial charge >= 0.3 is 12.0 Å². The Kier molecular flexibility index (Phi) is 4.21. The highest BCUT2D eigenvalue weighted by Gasteiger charge is 2.32. The molecule has 102 valence electrons. The van der Waals surface area contributed by atoms with E-state index in [-0.39, 0.29) is 12.0 Å². The van der Waals surface area contributed by atoms with E-state index < -0.39 is 6.04 Å². The lowest BCUT2D eigenvalue weighted by atomic mass is 10.0. The number of hydrogen-bond donors (Lipinski definition) is 2. The molecule has 2 N–H and O–H groups in total. The molecule has 1 aliphatic rings. The van der Waals surface area contributed by atoms with E-state index in [9.17, 15) is 9.59 Å². The number of carbonyl (C=O) groups is 2. The van der Waals surface area contributed by atoms with Crippen molar-refractivity contribution in [3.05, 3.63) is 33.7 Å². The summed E-state index contributed by atoms with van der Waals surface area (Å²) < 4.78 is 5.18. The Balaban J connectivity index is 2.31. The Morgan fingerprint density at radius 3 is 2.95 bits per heavy atom. The largest absolute Gasteiger partial charge is 0.462 e. The number of carbonyl (C=O) groups excluding carboxylic acids is 2. The number of hydrogen-bond acceptors (Lipinski definition) is 4. The number of thiophene rings is 1. The van der Waals surface area contributed by atoms with Crippen molar-refractivity contribution in [3.63, 3.8) is 0 Å². The normalized spacial score (nSPS) is 18.8. The number of nitrogens with one attached hydrogen (secondary N) is 2. The van der Waals surface area contributed by atoms with Crippen LogP contribution in [0.4, 0.5) is 4.79 Å². The molecule has 5 nitrogen and oxygen atoms in total. The van der Waals surface area contributed by atoms with Crippen LogP contribution in [-0.4, -0.2) is 18.6 Å². The van der Waals surface area contributed by atoms with Crippen LogP contribution in [0.2, 0.25) is 0 Å². The van der Waals surface area contributed by atoms with Crippen LogP contribution in [0.25, 0.3) is 0 Å². The molecular formula is C13H16N2O3S. The Hall–Kier alpha value is -1.82. The third-order valence-corrected chi connectivity index (χ3v) is 3.69. The first-order chi connectivity index (χ1) is 9.13. The van der Waals surface area contributed by atoms with E-state index in [4.69, 9.17) is 4.74 Å². The summed E-state index contributed by atoms with van der Waals surface area (Å²) in [4.78, 5) is 24.6. The van der Waals surface area contributed by atoms with Gasteiger partial charge in [0.05, 0.1) is 18.2 Å². The first-order valence-corrected chi connectivity index (χ1v) is 7.00. The highest BCUT2D eigenvalue weighted by atomic mass is 32.1. The van der Waals surface area contributed by atoms with E-state index in [1.165, 1.54) is 11.3 Å². The molecule has 1 atom stereocenters. The minimum atomic E-state index is -0.432. The molecule has 2 amide bonds. The lowest BCUT2D eigenvalue weighted by molar-refractivity contribution is -0.139. The van der Waals surface area contributed by atoms with Crippen molar-refractivity contribution in [1.82, 2.24) is 10.6 Å². The second-order valence-corrected chi connectivity index (χ2v) is 5.20. The maximum absolute atomic E-state index is 12.1. The van der Waals surface area contributed by atoms with Crippen molar-refractivity contribution < 1.29 is 14.3 Å². The fourth-order valence-corrected chi connectivity index (χ4v) is 2.69. The van der Waals surface area contributed by atoms with Crippen LogP contribution >= 0.6 is 11.3 Å². The summed E-state index contributed by atoms with van der Waals surface area (Å²) in [6.45, 7) is 4.02. The molecule has 0 radical (unpaired) electrons. The monoisotopic (exact) mass is 280 g/mol. The number of esters is 1. The van der Waals surface area contributed by atoms with Gasteiger partial charge in [-0.1, -0.05) is 13.0 Å². The summed E-state index contributed by atoms with van der Waals surface area (Å²) in [7, 11) is 0. The van der Waals surface area contributed by atoms with Gasteiger partial charge in [0.1, 0.15) is 0 Å². The fourth-order valence-electron chi connectivity index (χ4n) is 1.91. The van der Waals surface area contributed by atoms with Gasteiger partial charge in [0.25, 0.3) is 0 Å². The van der Waals surface area contributed by atoms with Crippen molar-refractivity contribution in [2.75, 3.05) is 6.61 Å². The Morgan fingerprint density at radius 2 is 2.32 bits per heavy atom. The van der Waals surface area contributed by atoms with Crippen LogP contribution in [0, 0.1) is 0 Å². The van der Waals surface area contributed by atoms with Gasteiger partial charge in [-0.2, -0.15) is 0 Å². The molecule has 0 aromatic carbocycles. The van der Waals surface area contributed by atoms with Crippen LogP contribution in [0.5, 0.6) is 0 Å². The predicted octanol–water partition coefficient (Wildman–Crippen LogP) is 2.33. The second kappa shape index (κ2) is 5.88. The van der Waals surface area contributed by atoms with E-state index in [0.717, 1.165) is 11.3 Å². The molecule has 2 heterocycles. The summed E-state index contributed by atoms with van der Waals surface area (Å²) >= 11 is 1.49. The summed E-state index contributed by atoms with van der Waals surface area (Å²) in [5.41, 5.74) is 1.01. The quantitative estimate of drug-likeness (QED) is 0.832. The van der Waals surface area contributed by atoms with E-state index in [2.05, 4.69) is 10.6 Å². The van der Waals surface area contributed by atoms with E-state index >= 15 is 0 Å². The smallest absolute Gasteiger partial charge is 0.338 e. The summed E-state index contributed by atoms with van der Waals surface area (Å²) in [6.07, 6.45) is 0.765. The Labute approximate surface area is 115 Å². The number of rotatable bonds is 4. The number of allylic oxidation sites excluding steroid dienone is 1. The van der Waals surface area contributed by atoms with Crippen molar-refractivity contribution in [3.8, 4) is 0 Å². The minimum Gasteiger partial charge on any atom is -0.462 e. The Morgan fingerprint density at radius 1 is 1.53 bits per heavy atom. The minimum absolute atomic E-state index is 0.303. The highest BCUT2D eigenvalue weighted by molar-refractivity contribution is 7.10. The first-order valence-electron chi connectivity index (χ1n) is 6.12. The Bertz CT molecular complexity index is 508. The lowest BCUT2D eigenvalue weighted by Gasteiger charge is -2.27. The van der Waals surface area contributed by atoms with Crippen molar-refractivity contribution in [2.24, 2.45) is 0 Å². The van der Waals surface area contributed by atoms with Crippen molar-refractivity contribution >= 4 is 23.3 Å². The molecule has 1 aromatic rings. The molecule has 1 aromatic heterocycles. The molecule has 6 heteroatoms. The zero-order chi connectivity index (χ0) is 13.8.